The monoisotopic (exact) mass is 430 g/mol. The van der Waals surface area contributed by atoms with E-state index < -0.39 is 0 Å². The number of piperidine rings is 1. The maximum atomic E-state index is 14.1. The molecule has 0 aromatic heterocycles. The average Bonchev–Trinajstić information content (AvgIpc) is 3.66. The van der Waals surface area contributed by atoms with Crippen LogP contribution in [0.5, 0.6) is 5.75 Å². The fraction of sp³-hybridized carbons (Fsp3) is 0.680. The number of halogens is 1. The molecule has 6 heteroatoms. The van der Waals surface area contributed by atoms with Gasteiger partial charge in [0.05, 0.1) is 6.61 Å². The maximum absolute atomic E-state index is 14.1. The van der Waals surface area contributed by atoms with Crippen molar-refractivity contribution in [2.45, 2.75) is 82.6 Å². The summed E-state index contributed by atoms with van der Waals surface area (Å²) in [7, 11) is 0. The Balaban J connectivity index is 1.11. The summed E-state index contributed by atoms with van der Waals surface area (Å²) in [5, 5.41) is 6.14. The minimum Gasteiger partial charge on any atom is -0.490 e. The number of ether oxygens (including phenoxy) is 1. The number of hydrogen-bond acceptors (Lipinski definition) is 4. The Labute approximate surface area is 184 Å². The summed E-state index contributed by atoms with van der Waals surface area (Å²) in [5.41, 5.74) is 1.14. The molecule has 3 fully saturated rings. The van der Waals surface area contributed by atoms with E-state index in [0.29, 0.717) is 31.1 Å². The molecule has 0 spiro atoms. The number of imide groups is 1. The molecule has 2 N–H and O–H groups in total. The van der Waals surface area contributed by atoms with Crippen molar-refractivity contribution in [2.24, 2.45) is 11.8 Å². The first kappa shape index (κ1) is 22.3. The second-order valence-corrected chi connectivity index (χ2v) is 9.61. The Morgan fingerprint density at radius 3 is 2.58 bits per heavy atom. The van der Waals surface area contributed by atoms with Gasteiger partial charge >= 0.3 is 0 Å². The van der Waals surface area contributed by atoms with Gasteiger partial charge in [0.2, 0.25) is 11.8 Å². The highest BCUT2D eigenvalue weighted by molar-refractivity contribution is 5.98. The van der Waals surface area contributed by atoms with Crippen LogP contribution < -0.4 is 15.4 Å². The van der Waals surface area contributed by atoms with Crippen molar-refractivity contribution in [1.82, 2.24) is 10.6 Å². The second kappa shape index (κ2) is 10.1. The number of nitrogens with one attached hydrogen (secondary N) is 2. The van der Waals surface area contributed by atoms with Crippen LogP contribution in [0.15, 0.2) is 18.2 Å². The van der Waals surface area contributed by atoms with E-state index in [2.05, 4.69) is 10.6 Å². The third-order valence-electron chi connectivity index (χ3n) is 6.95. The lowest BCUT2D eigenvalue weighted by Crippen LogP contribution is -2.40. The van der Waals surface area contributed by atoms with Gasteiger partial charge in [0, 0.05) is 17.9 Å². The van der Waals surface area contributed by atoms with Gasteiger partial charge in [0.15, 0.2) is 11.6 Å². The number of amides is 2. The Morgan fingerprint density at radius 1 is 1.06 bits per heavy atom. The molecule has 2 amide bonds. The largest absolute Gasteiger partial charge is 0.490 e. The van der Waals surface area contributed by atoms with Crippen LogP contribution in [0.2, 0.25) is 0 Å². The zero-order chi connectivity index (χ0) is 21.7. The van der Waals surface area contributed by atoms with Gasteiger partial charge < -0.3 is 10.1 Å². The van der Waals surface area contributed by atoms with Crippen molar-refractivity contribution in [3.05, 3.63) is 29.6 Å². The fourth-order valence-corrected chi connectivity index (χ4v) is 4.48. The third-order valence-corrected chi connectivity index (χ3v) is 6.95. The smallest absolute Gasteiger partial charge is 0.229 e. The molecule has 31 heavy (non-hydrogen) atoms. The molecule has 1 aromatic carbocycles. The summed E-state index contributed by atoms with van der Waals surface area (Å²) in [5.74, 6) is 0.538. The molecule has 1 unspecified atom stereocenters. The van der Waals surface area contributed by atoms with E-state index in [1.165, 1.54) is 12.8 Å². The van der Waals surface area contributed by atoms with Gasteiger partial charge in [-0.15, -0.1) is 0 Å². The molecule has 4 rings (SSSR count). The molecule has 1 aromatic rings. The highest BCUT2D eigenvalue weighted by Crippen LogP contribution is 2.46. The van der Waals surface area contributed by atoms with Crippen LogP contribution >= 0.6 is 0 Å². The number of benzene rings is 1. The van der Waals surface area contributed by atoms with Crippen LogP contribution in [0.3, 0.4) is 0 Å². The number of carbonyl (C=O) groups excluding carboxylic acids is 2. The maximum Gasteiger partial charge on any atom is 0.229 e. The molecular formula is C25H35FN2O3. The van der Waals surface area contributed by atoms with Crippen LogP contribution in [0.4, 0.5) is 4.39 Å². The number of hydrogen-bond donors (Lipinski definition) is 2. The first-order valence-electron chi connectivity index (χ1n) is 12.1. The lowest BCUT2D eigenvalue weighted by atomic mass is 9.92. The van der Waals surface area contributed by atoms with Crippen molar-refractivity contribution in [1.29, 1.82) is 0 Å². The SMILES string of the molecule is O=C1CCC(CCCCCCCNC2(c3ccc(F)c(OCC4CC4)c3)CC2)C(=O)N1. The van der Waals surface area contributed by atoms with Crippen molar-refractivity contribution < 1.29 is 18.7 Å². The summed E-state index contributed by atoms with van der Waals surface area (Å²) in [6.07, 6.45) is 12.3. The second-order valence-electron chi connectivity index (χ2n) is 9.61. The van der Waals surface area contributed by atoms with Gasteiger partial charge in [0.25, 0.3) is 0 Å². The Hall–Kier alpha value is -1.95. The summed E-state index contributed by atoms with van der Waals surface area (Å²) < 4.78 is 19.8. The van der Waals surface area contributed by atoms with Crippen molar-refractivity contribution in [2.75, 3.05) is 13.2 Å². The Bertz CT molecular complexity index is 789. The highest BCUT2D eigenvalue weighted by atomic mass is 19.1. The third kappa shape index (κ3) is 6.28. The van der Waals surface area contributed by atoms with Gasteiger partial charge in [-0.25, -0.2) is 4.39 Å². The van der Waals surface area contributed by atoms with Crippen LogP contribution in [0.25, 0.3) is 0 Å². The zero-order valence-electron chi connectivity index (χ0n) is 18.4. The van der Waals surface area contributed by atoms with Crippen molar-refractivity contribution >= 4 is 11.8 Å². The van der Waals surface area contributed by atoms with E-state index in [1.54, 1.807) is 6.07 Å². The topological polar surface area (TPSA) is 67.4 Å². The van der Waals surface area contributed by atoms with E-state index in [4.69, 9.17) is 4.74 Å². The fourth-order valence-electron chi connectivity index (χ4n) is 4.48. The molecule has 1 atom stereocenters. The summed E-state index contributed by atoms with van der Waals surface area (Å²) in [6, 6.07) is 5.34. The summed E-state index contributed by atoms with van der Waals surface area (Å²) >= 11 is 0. The first-order chi connectivity index (χ1) is 15.1. The van der Waals surface area contributed by atoms with Gasteiger partial charge in [-0.05, 0) is 75.1 Å². The minimum atomic E-state index is -0.266. The molecule has 0 bridgehead atoms. The first-order valence-corrected chi connectivity index (χ1v) is 12.1. The van der Waals surface area contributed by atoms with Gasteiger partial charge in [-0.1, -0.05) is 31.7 Å². The normalized spacial score (nSPS) is 22.3. The molecule has 3 aliphatic rings. The Kier molecular flexibility index (Phi) is 7.26. The van der Waals surface area contributed by atoms with E-state index in [1.807, 2.05) is 12.1 Å². The highest BCUT2D eigenvalue weighted by Gasteiger charge is 2.44. The molecule has 1 heterocycles. The van der Waals surface area contributed by atoms with Crippen LogP contribution in [-0.4, -0.2) is 25.0 Å². The molecule has 1 aliphatic heterocycles. The average molecular weight is 431 g/mol. The quantitative estimate of drug-likeness (QED) is 0.355. The minimum absolute atomic E-state index is 0.00281. The predicted molar refractivity (Wildman–Crippen MR) is 117 cm³/mol. The van der Waals surface area contributed by atoms with E-state index >= 15 is 0 Å². The Morgan fingerprint density at radius 2 is 1.84 bits per heavy atom. The number of unbranched alkanes of at least 4 members (excludes halogenated alkanes) is 4. The van der Waals surface area contributed by atoms with Gasteiger partial charge in [-0.2, -0.15) is 0 Å². The van der Waals surface area contributed by atoms with E-state index in [-0.39, 0.29) is 29.1 Å². The molecule has 170 valence electrons. The molecule has 2 saturated carbocycles. The predicted octanol–water partition coefficient (Wildman–Crippen LogP) is 4.59. The van der Waals surface area contributed by atoms with Crippen molar-refractivity contribution in [3.63, 3.8) is 0 Å². The van der Waals surface area contributed by atoms with Gasteiger partial charge in [0.1, 0.15) is 0 Å². The van der Waals surface area contributed by atoms with Crippen LogP contribution in [0.1, 0.15) is 82.6 Å². The molecule has 0 radical (unpaired) electrons. The van der Waals surface area contributed by atoms with Crippen LogP contribution in [0, 0.1) is 17.7 Å². The molecular weight excluding hydrogens is 395 g/mol. The molecule has 1 saturated heterocycles. The number of rotatable bonds is 13. The van der Waals surface area contributed by atoms with E-state index in [0.717, 1.165) is 63.5 Å². The van der Waals surface area contributed by atoms with E-state index in [9.17, 15) is 14.0 Å². The molecule has 2 aliphatic carbocycles. The molecule has 5 nitrogen and oxygen atoms in total. The lowest BCUT2D eigenvalue weighted by molar-refractivity contribution is -0.136. The summed E-state index contributed by atoms with van der Waals surface area (Å²) in [6.45, 7) is 1.59. The van der Waals surface area contributed by atoms with Crippen molar-refractivity contribution in [3.8, 4) is 5.75 Å². The van der Waals surface area contributed by atoms with Crippen LogP contribution in [-0.2, 0) is 15.1 Å². The van der Waals surface area contributed by atoms with Gasteiger partial charge in [-0.3, -0.25) is 14.9 Å². The summed E-state index contributed by atoms with van der Waals surface area (Å²) in [4.78, 5) is 23.0. The number of carbonyl (C=O) groups is 2. The zero-order valence-corrected chi connectivity index (χ0v) is 18.4. The lowest BCUT2D eigenvalue weighted by Gasteiger charge is -2.20. The standard InChI is InChI=1S/C25H35FN2O3/c26-21-11-10-20(16-22(21)31-17-18-7-8-18)25(13-14-25)27-15-5-3-1-2-4-6-19-9-12-23(29)28-24(19)30/h10-11,16,18-19,27H,1-9,12-15,17H2,(H,28,29,30).